The first kappa shape index (κ1) is 6.15. The molecule has 0 saturated carbocycles. The molecular weight excluding hydrogens is 140 g/mol. The molecule has 0 amide bonds. The maximum Gasteiger partial charge on any atom is 0.114 e. The second kappa shape index (κ2) is 2.23. The molecule has 0 fully saturated rings. The van der Waals surface area contributed by atoms with Crippen molar-refractivity contribution < 1.29 is 0 Å². The molecule has 56 valence electrons. The van der Waals surface area contributed by atoms with E-state index >= 15 is 0 Å². The first-order valence-electron chi connectivity index (χ1n) is 3.36. The Balaban J connectivity index is 2.79. The largest absolute Gasteiger partial charge is 0.385 e. The van der Waals surface area contributed by atoms with Crippen molar-refractivity contribution in [1.29, 1.82) is 0 Å². The van der Waals surface area contributed by atoms with Gasteiger partial charge < -0.3 is 10.3 Å². The predicted molar refractivity (Wildman–Crippen MR) is 43.4 cm³/mol. The topological polar surface area (TPSA) is 53.6 Å². The van der Waals surface area contributed by atoms with E-state index in [1.54, 1.807) is 18.7 Å². The number of rotatable bonds is 1. The molecule has 0 aliphatic heterocycles. The van der Waals surface area contributed by atoms with Gasteiger partial charge in [0.25, 0.3) is 0 Å². The number of H-pyrrole nitrogens is 1. The highest BCUT2D eigenvalue weighted by Gasteiger charge is 1.99. The van der Waals surface area contributed by atoms with Crippen molar-refractivity contribution in [1.82, 2.24) is 15.0 Å². The SMILES string of the molecule is CNc1cncc2[nH]cnc12. The van der Waals surface area contributed by atoms with Gasteiger partial charge in [0, 0.05) is 7.05 Å². The van der Waals surface area contributed by atoms with Crippen LogP contribution in [0.5, 0.6) is 0 Å². The molecule has 0 radical (unpaired) electrons. The summed E-state index contributed by atoms with van der Waals surface area (Å²) in [6.45, 7) is 0. The summed E-state index contributed by atoms with van der Waals surface area (Å²) in [5.74, 6) is 0. The normalized spacial score (nSPS) is 10.3. The fraction of sp³-hybridized carbons (Fsp3) is 0.143. The van der Waals surface area contributed by atoms with Crippen molar-refractivity contribution in [3.05, 3.63) is 18.7 Å². The number of hydrogen-bond acceptors (Lipinski definition) is 3. The molecule has 4 heteroatoms. The molecule has 0 aromatic carbocycles. The second-order valence-corrected chi connectivity index (χ2v) is 2.24. The maximum atomic E-state index is 4.13. The Hall–Kier alpha value is -1.58. The van der Waals surface area contributed by atoms with Gasteiger partial charge in [-0.1, -0.05) is 0 Å². The Morgan fingerprint density at radius 3 is 3.18 bits per heavy atom. The zero-order chi connectivity index (χ0) is 7.68. The lowest BCUT2D eigenvalue weighted by Crippen LogP contribution is -1.89. The number of fused-ring (bicyclic) bond motifs is 1. The number of aromatic amines is 1. The van der Waals surface area contributed by atoms with Crippen molar-refractivity contribution in [3.63, 3.8) is 0 Å². The average Bonchev–Trinajstić information content (AvgIpc) is 2.50. The lowest BCUT2D eigenvalue weighted by Gasteiger charge is -1.97. The third-order valence-corrected chi connectivity index (χ3v) is 1.60. The summed E-state index contributed by atoms with van der Waals surface area (Å²) in [5.41, 5.74) is 2.84. The van der Waals surface area contributed by atoms with Crippen LogP contribution in [0.4, 0.5) is 5.69 Å². The van der Waals surface area contributed by atoms with E-state index in [9.17, 15) is 0 Å². The molecule has 0 saturated heterocycles. The number of nitrogens with one attached hydrogen (secondary N) is 2. The fourth-order valence-electron chi connectivity index (χ4n) is 1.05. The Bertz CT molecular complexity index is 365. The van der Waals surface area contributed by atoms with Crippen LogP contribution in [-0.4, -0.2) is 22.0 Å². The van der Waals surface area contributed by atoms with Crippen LogP contribution in [0.1, 0.15) is 0 Å². The van der Waals surface area contributed by atoms with E-state index in [-0.39, 0.29) is 0 Å². The molecule has 11 heavy (non-hydrogen) atoms. The zero-order valence-electron chi connectivity index (χ0n) is 6.13. The van der Waals surface area contributed by atoms with Crippen LogP contribution in [0.15, 0.2) is 18.7 Å². The van der Waals surface area contributed by atoms with Gasteiger partial charge in [-0.2, -0.15) is 0 Å². The summed E-state index contributed by atoms with van der Waals surface area (Å²) in [7, 11) is 1.85. The highest BCUT2D eigenvalue weighted by molar-refractivity contribution is 5.86. The molecular formula is C7H8N4. The minimum absolute atomic E-state index is 0.933. The van der Waals surface area contributed by atoms with Gasteiger partial charge in [0.1, 0.15) is 5.52 Å². The lowest BCUT2D eigenvalue weighted by atomic mass is 10.3. The first-order valence-corrected chi connectivity index (χ1v) is 3.36. The lowest BCUT2D eigenvalue weighted by molar-refractivity contribution is 1.32. The minimum Gasteiger partial charge on any atom is -0.385 e. The van der Waals surface area contributed by atoms with E-state index in [0.29, 0.717) is 0 Å². The molecule has 4 nitrogen and oxygen atoms in total. The van der Waals surface area contributed by atoms with Gasteiger partial charge in [0.15, 0.2) is 0 Å². The number of hydrogen-bond donors (Lipinski definition) is 2. The Morgan fingerprint density at radius 2 is 2.36 bits per heavy atom. The monoisotopic (exact) mass is 148 g/mol. The summed E-state index contributed by atoms with van der Waals surface area (Å²) in [4.78, 5) is 11.1. The van der Waals surface area contributed by atoms with Crippen LogP contribution < -0.4 is 5.32 Å². The summed E-state index contributed by atoms with van der Waals surface area (Å²) < 4.78 is 0. The second-order valence-electron chi connectivity index (χ2n) is 2.24. The van der Waals surface area contributed by atoms with Crippen LogP contribution in [0.2, 0.25) is 0 Å². The third kappa shape index (κ3) is 0.832. The molecule has 2 rings (SSSR count). The van der Waals surface area contributed by atoms with Crippen LogP contribution >= 0.6 is 0 Å². The van der Waals surface area contributed by atoms with Crippen LogP contribution in [0.3, 0.4) is 0 Å². The van der Waals surface area contributed by atoms with Crippen LogP contribution in [-0.2, 0) is 0 Å². The van der Waals surface area contributed by atoms with E-state index in [1.165, 1.54) is 0 Å². The zero-order valence-corrected chi connectivity index (χ0v) is 6.13. The molecule has 0 aliphatic rings. The van der Waals surface area contributed by atoms with Crippen LogP contribution in [0, 0.1) is 0 Å². The molecule has 2 N–H and O–H groups in total. The van der Waals surface area contributed by atoms with Crippen molar-refractivity contribution in [2.75, 3.05) is 12.4 Å². The summed E-state index contributed by atoms with van der Waals surface area (Å²) in [6, 6.07) is 0. The highest BCUT2D eigenvalue weighted by Crippen LogP contribution is 2.16. The Kier molecular flexibility index (Phi) is 1.25. The van der Waals surface area contributed by atoms with Gasteiger partial charge in [0.2, 0.25) is 0 Å². The highest BCUT2D eigenvalue weighted by atomic mass is 14.9. The van der Waals surface area contributed by atoms with Gasteiger partial charge in [-0.05, 0) is 0 Å². The number of imidazole rings is 1. The minimum atomic E-state index is 0.933. The standard InChI is InChI=1S/C7H8N4/c1-8-5-2-9-3-6-7(5)11-4-10-6/h2-4,8H,1H3,(H,10,11). The van der Waals surface area contributed by atoms with Gasteiger partial charge in [-0.25, -0.2) is 4.98 Å². The molecule has 0 unspecified atom stereocenters. The Labute approximate surface area is 63.7 Å². The van der Waals surface area contributed by atoms with Crippen molar-refractivity contribution >= 4 is 16.7 Å². The molecule has 0 aliphatic carbocycles. The number of anilines is 1. The quantitative estimate of drug-likeness (QED) is 0.634. The third-order valence-electron chi connectivity index (χ3n) is 1.60. The number of aromatic nitrogens is 3. The van der Waals surface area contributed by atoms with Gasteiger partial charge in [-0.3, -0.25) is 4.98 Å². The van der Waals surface area contributed by atoms with Gasteiger partial charge in [-0.15, -0.1) is 0 Å². The van der Waals surface area contributed by atoms with Crippen molar-refractivity contribution in [2.45, 2.75) is 0 Å². The number of pyridine rings is 1. The van der Waals surface area contributed by atoms with Crippen LogP contribution in [0.25, 0.3) is 11.0 Å². The molecule has 0 spiro atoms. The van der Waals surface area contributed by atoms with Gasteiger partial charge in [0.05, 0.1) is 29.9 Å². The average molecular weight is 148 g/mol. The summed E-state index contributed by atoms with van der Waals surface area (Å²) in [6.07, 6.45) is 5.17. The molecule has 0 atom stereocenters. The van der Waals surface area contributed by atoms with E-state index in [2.05, 4.69) is 20.3 Å². The maximum absolute atomic E-state index is 4.13. The Morgan fingerprint density at radius 1 is 1.45 bits per heavy atom. The van der Waals surface area contributed by atoms with E-state index in [4.69, 9.17) is 0 Å². The fourth-order valence-corrected chi connectivity index (χ4v) is 1.05. The smallest absolute Gasteiger partial charge is 0.114 e. The van der Waals surface area contributed by atoms with E-state index < -0.39 is 0 Å². The molecule has 2 aromatic rings. The first-order chi connectivity index (χ1) is 5.42. The molecule has 0 bridgehead atoms. The predicted octanol–water partition coefficient (Wildman–Crippen LogP) is 1.000. The van der Waals surface area contributed by atoms with E-state index in [0.717, 1.165) is 16.7 Å². The van der Waals surface area contributed by atoms with E-state index in [1.807, 2.05) is 7.05 Å². The summed E-state index contributed by atoms with van der Waals surface area (Å²) >= 11 is 0. The van der Waals surface area contributed by atoms with Crippen molar-refractivity contribution in [2.24, 2.45) is 0 Å². The van der Waals surface area contributed by atoms with Crippen molar-refractivity contribution in [3.8, 4) is 0 Å². The van der Waals surface area contributed by atoms with Gasteiger partial charge >= 0.3 is 0 Å². The number of nitrogens with zero attached hydrogens (tertiary/aromatic N) is 2. The molecule has 2 heterocycles. The molecule has 2 aromatic heterocycles. The summed E-state index contributed by atoms with van der Waals surface area (Å²) in [5, 5.41) is 3.01.